The molecule has 0 unspecified atom stereocenters. The maximum atomic E-state index is 13.8. The second-order valence-corrected chi connectivity index (χ2v) is 9.59. The number of likely N-dealkylation sites (tertiary alicyclic amines) is 1. The van der Waals surface area contributed by atoms with E-state index in [-0.39, 0.29) is 12.1 Å². The highest BCUT2D eigenvalue weighted by Gasteiger charge is 2.38. The first-order chi connectivity index (χ1) is 14.9. The summed E-state index contributed by atoms with van der Waals surface area (Å²) < 4.78 is 29.7. The average molecular weight is 479 g/mol. The van der Waals surface area contributed by atoms with E-state index in [1.54, 1.807) is 11.9 Å². The van der Waals surface area contributed by atoms with Crippen molar-refractivity contribution in [1.82, 2.24) is 4.90 Å². The molecule has 0 radical (unpaired) electrons. The van der Waals surface area contributed by atoms with Crippen molar-refractivity contribution in [2.75, 3.05) is 23.1 Å². The van der Waals surface area contributed by atoms with Crippen LogP contribution in [0.15, 0.2) is 66.7 Å². The van der Waals surface area contributed by atoms with Crippen LogP contribution in [0.5, 0.6) is 0 Å². The third kappa shape index (κ3) is 5.17. The monoisotopic (exact) mass is 478 g/mol. The molecule has 1 heterocycles. The van der Waals surface area contributed by atoms with Crippen molar-refractivity contribution in [3.05, 3.63) is 99.5 Å². The standard InChI is InChI=1S/C24H22Cl2F2N2S/c1-2-31-30(22-12-20(27)11-21(28)13-22)23-14-29(15-23)24(16-3-7-18(25)8-4-16)17-5-9-19(26)10-6-17/h3-13,23-24H,2,14-15H2,1H3. The Morgan fingerprint density at radius 3 is 1.84 bits per heavy atom. The smallest absolute Gasteiger partial charge is 0.128 e. The molecular formula is C24H22Cl2F2N2S. The van der Waals surface area contributed by atoms with Crippen LogP contribution in [0, 0.1) is 11.6 Å². The fraction of sp³-hybridized carbons (Fsp3) is 0.250. The van der Waals surface area contributed by atoms with Crippen LogP contribution >= 0.6 is 35.1 Å². The first-order valence-corrected chi connectivity index (χ1v) is 11.8. The van der Waals surface area contributed by atoms with E-state index in [1.807, 2.05) is 59.8 Å². The highest BCUT2D eigenvalue weighted by molar-refractivity contribution is 8.00. The normalized spacial score (nSPS) is 14.6. The molecule has 0 saturated carbocycles. The van der Waals surface area contributed by atoms with Crippen molar-refractivity contribution >= 4 is 40.8 Å². The molecule has 1 fully saturated rings. The second-order valence-electron chi connectivity index (χ2n) is 7.48. The van der Waals surface area contributed by atoms with Crippen LogP contribution in [0.4, 0.5) is 14.5 Å². The summed E-state index contributed by atoms with van der Waals surface area (Å²) in [5, 5.41) is 1.39. The van der Waals surface area contributed by atoms with Gasteiger partial charge in [-0.3, -0.25) is 4.90 Å². The highest BCUT2D eigenvalue weighted by Crippen LogP contribution is 2.38. The Morgan fingerprint density at radius 2 is 1.39 bits per heavy atom. The van der Waals surface area contributed by atoms with Crippen LogP contribution in [0.3, 0.4) is 0 Å². The van der Waals surface area contributed by atoms with E-state index in [1.165, 1.54) is 12.1 Å². The van der Waals surface area contributed by atoms with E-state index in [0.717, 1.165) is 36.0 Å². The van der Waals surface area contributed by atoms with E-state index >= 15 is 0 Å². The third-order valence-electron chi connectivity index (χ3n) is 5.33. The first-order valence-electron chi connectivity index (χ1n) is 10.1. The van der Waals surface area contributed by atoms with Crippen LogP contribution in [0.2, 0.25) is 10.0 Å². The molecular weight excluding hydrogens is 457 g/mol. The quantitative estimate of drug-likeness (QED) is 0.331. The summed E-state index contributed by atoms with van der Waals surface area (Å²) in [6, 6.07) is 19.6. The number of halogens is 4. The molecule has 7 heteroatoms. The fourth-order valence-corrected chi connectivity index (χ4v) is 5.08. The Hall–Kier alpha value is -1.79. The van der Waals surface area contributed by atoms with Crippen LogP contribution in [0.1, 0.15) is 24.1 Å². The molecule has 0 N–H and O–H groups in total. The minimum Gasteiger partial charge on any atom is -0.310 e. The first kappa shape index (κ1) is 22.4. The molecule has 4 rings (SSSR count). The molecule has 162 valence electrons. The van der Waals surface area contributed by atoms with Crippen LogP contribution in [-0.4, -0.2) is 29.8 Å². The molecule has 1 aliphatic heterocycles. The van der Waals surface area contributed by atoms with Crippen molar-refractivity contribution in [2.24, 2.45) is 0 Å². The molecule has 1 saturated heterocycles. The van der Waals surface area contributed by atoms with Crippen LogP contribution in [0.25, 0.3) is 0 Å². The maximum absolute atomic E-state index is 13.8. The summed E-state index contributed by atoms with van der Waals surface area (Å²) in [5.41, 5.74) is 2.83. The summed E-state index contributed by atoms with van der Waals surface area (Å²) in [5.74, 6) is -0.312. The largest absolute Gasteiger partial charge is 0.310 e. The summed E-state index contributed by atoms with van der Waals surface area (Å²) >= 11 is 13.8. The molecule has 0 aromatic heterocycles. The molecule has 3 aromatic rings. The third-order valence-corrected chi connectivity index (χ3v) is 6.88. The Morgan fingerprint density at radius 1 is 0.903 bits per heavy atom. The van der Waals surface area contributed by atoms with E-state index < -0.39 is 11.6 Å². The average Bonchev–Trinajstić information content (AvgIpc) is 2.70. The van der Waals surface area contributed by atoms with Gasteiger partial charge in [-0.15, -0.1) is 0 Å². The number of anilines is 1. The predicted octanol–water partition coefficient (Wildman–Crippen LogP) is 7.22. The van der Waals surface area contributed by atoms with Gasteiger partial charge >= 0.3 is 0 Å². The van der Waals surface area contributed by atoms with E-state index in [2.05, 4.69) is 4.90 Å². The zero-order chi connectivity index (χ0) is 22.0. The van der Waals surface area contributed by atoms with E-state index in [4.69, 9.17) is 23.2 Å². The number of hydrogen-bond donors (Lipinski definition) is 0. The predicted molar refractivity (Wildman–Crippen MR) is 127 cm³/mol. The Labute approximate surface area is 195 Å². The molecule has 31 heavy (non-hydrogen) atoms. The van der Waals surface area contributed by atoms with Gasteiger partial charge < -0.3 is 4.31 Å². The van der Waals surface area contributed by atoms with Gasteiger partial charge in [0.1, 0.15) is 11.6 Å². The number of hydrogen-bond acceptors (Lipinski definition) is 3. The minimum atomic E-state index is -0.562. The summed E-state index contributed by atoms with van der Waals surface area (Å²) in [7, 11) is 0. The maximum Gasteiger partial charge on any atom is 0.128 e. The molecule has 1 aliphatic rings. The lowest BCUT2D eigenvalue weighted by molar-refractivity contribution is 0.117. The van der Waals surface area contributed by atoms with Crippen LogP contribution < -0.4 is 4.31 Å². The number of benzene rings is 3. The highest BCUT2D eigenvalue weighted by atomic mass is 35.5. The Bertz CT molecular complexity index is 959. The van der Waals surface area contributed by atoms with Gasteiger partial charge in [0.2, 0.25) is 0 Å². The van der Waals surface area contributed by atoms with Gasteiger partial charge in [-0.2, -0.15) is 0 Å². The molecule has 0 amide bonds. The van der Waals surface area contributed by atoms with Crippen molar-refractivity contribution in [1.29, 1.82) is 0 Å². The van der Waals surface area contributed by atoms with E-state index in [0.29, 0.717) is 15.7 Å². The SMILES string of the molecule is CCSN(c1cc(F)cc(F)c1)C1CN(C(c2ccc(Cl)cc2)c2ccc(Cl)cc2)C1. The lowest BCUT2D eigenvalue weighted by Gasteiger charge is -2.49. The molecule has 0 spiro atoms. The van der Waals surface area contributed by atoms with Gasteiger partial charge in [-0.1, -0.05) is 54.4 Å². The van der Waals surface area contributed by atoms with Crippen molar-refractivity contribution in [3.8, 4) is 0 Å². The van der Waals surface area contributed by atoms with Gasteiger partial charge in [-0.05, 0) is 59.5 Å². The summed E-state index contributed by atoms with van der Waals surface area (Å²) in [6.45, 7) is 3.57. The zero-order valence-electron chi connectivity index (χ0n) is 16.9. The summed E-state index contributed by atoms with van der Waals surface area (Å²) in [6.07, 6.45) is 0. The lowest BCUT2D eigenvalue weighted by Crippen LogP contribution is -2.58. The molecule has 0 aliphatic carbocycles. The number of rotatable bonds is 7. The van der Waals surface area contributed by atoms with Crippen molar-refractivity contribution in [2.45, 2.75) is 19.0 Å². The Kier molecular flexibility index (Phi) is 7.07. The van der Waals surface area contributed by atoms with Crippen LogP contribution in [-0.2, 0) is 0 Å². The molecule has 0 atom stereocenters. The lowest BCUT2D eigenvalue weighted by atomic mass is 9.93. The van der Waals surface area contributed by atoms with Crippen molar-refractivity contribution in [3.63, 3.8) is 0 Å². The number of nitrogens with zero attached hydrogens (tertiary/aromatic N) is 2. The van der Waals surface area contributed by atoms with E-state index in [9.17, 15) is 8.78 Å². The fourth-order valence-electron chi connectivity index (χ4n) is 3.95. The van der Waals surface area contributed by atoms with Gasteiger partial charge in [-0.25, -0.2) is 8.78 Å². The molecule has 3 aromatic carbocycles. The van der Waals surface area contributed by atoms with Gasteiger partial charge in [0.15, 0.2) is 0 Å². The minimum absolute atomic E-state index is 0.0449. The van der Waals surface area contributed by atoms with Gasteiger partial charge in [0, 0.05) is 35.0 Å². The van der Waals surface area contributed by atoms with Gasteiger partial charge in [0.25, 0.3) is 0 Å². The Balaban J connectivity index is 1.58. The van der Waals surface area contributed by atoms with Gasteiger partial charge in [0.05, 0.1) is 17.8 Å². The molecule has 0 bridgehead atoms. The zero-order valence-corrected chi connectivity index (χ0v) is 19.3. The topological polar surface area (TPSA) is 6.48 Å². The molecule has 2 nitrogen and oxygen atoms in total. The van der Waals surface area contributed by atoms with Crippen molar-refractivity contribution < 1.29 is 8.78 Å². The second kappa shape index (κ2) is 9.78. The summed E-state index contributed by atoms with van der Waals surface area (Å²) in [4.78, 5) is 2.36.